The molecule has 28 heavy (non-hydrogen) atoms. The summed E-state index contributed by atoms with van der Waals surface area (Å²) in [5, 5.41) is 3.55. The van der Waals surface area contributed by atoms with Crippen LogP contribution in [0.15, 0.2) is 47.3 Å². The van der Waals surface area contributed by atoms with Crippen LogP contribution in [0.5, 0.6) is 5.75 Å². The van der Waals surface area contributed by atoms with Crippen LogP contribution in [0.2, 0.25) is 0 Å². The number of aromatic amines is 1. The number of carbonyl (C=O) groups is 1. The number of methoxy groups -OCH3 is 1. The summed E-state index contributed by atoms with van der Waals surface area (Å²) in [4.78, 5) is 30.8. The van der Waals surface area contributed by atoms with E-state index in [1.165, 1.54) is 0 Å². The highest BCUT2D eigenvalue weighted by molar-refractivity contribution is 5.92. The zero-order valence-corrected chi connectivity index (χ0v) is 16.0. The van der Waals surface area contributed by atoms with Gasteiger partial charge in [-0.3, -0.25) is 14.5 Å². The van der Waals surface area contributed by atoms with Crippen LogP contribution in [0.1, 0.15) is 16.8 Å². The fourth-order valence-electron chi connectivity index (χ4n) is 3.70. The molecule has 0 unspecified atom stereocenters. The molecule has 0 saturated heterocycles. The number of hydrogen-bond donors (Lipinski definition) is 2. The molecule has 0 saturated carbocycles. The van der Waals surface area contributed by atoms with Gasteiger partial charge in [0, 0.05) is 47.4 Å². The van der Waals surface area contributed by atoms with Crippen LogP contribution in [0.4, 0.5) is 5.69 Å². The third-order valence-corrected chi connectivity index (χ3v) is 5.12. The van der Waals surface area contributed by atoms with Crippen molar-refractivity contribution in [1.82, 2.24) is 9.88 Å². The van der Waals surface area contributed by atoms with E-state index in [-0.39, 0.29) is 17.9 Å². The topological polar surface area (TPSA) is 74.4 Å². The summed E-state index contributed by atoms with van der Waals surface area (Å²) in [5.41, 5.74) is 4.40. The molecule has 6 nitrogen and oxygen atoms in total. The van der Waals surface area contributed by atoms with Gasteiger partial charge in [0.15, 0.2) is 5.43 Å². The zero-order chi connectivity index (χ0) is 19.7. The number of nitrogens with one attached hydrogen (secondary N) is 2. The molecule has 2 aromatic carbocycles. The first-order chi connectivity index (χ1) is 13.5. The lowest BCUT2D eigenvalue weighted by atomic mass is 10.0. The number of fused-ring (bicyclic) bond motifs is 2. The molecule has 2 heterocycles. The van der Waals surface area contributed by atoms with E-state index in [0.29, 0.717) is 24.1 Å². The number of aromatic nitrogens is 1. The Morgan fingerprint density at radius 1 is 1.25 bits per heavy atom. The van der Waals surface area contributed by atoms with Crippen molar-refractivity contribution in [2.75, 3.05) is 25.5 Å². The molecule has 0 fully saturated rings. The highest BCUT2D eigenvalue weighted by Gasteiger charge is 2.22. The number of hydrogen-bond acceptors (Lipinski definition) is 4. The van der Waals surface area contributed by atoms with Crippen molar-refractivity contribution in [2.45, 2.75) is 19.9 Å². The summed E-state index contributed by atoms with van der Waals surface area (Å²) in [7, 11) is 1.59. The van der Waals surface area contributed by atoms with Gasteiger partial charge < -0.3 is 15.0 Å². The lowest BCUT2D eigenvalue weighted by Crippen LogP contribution is -2.39. The van der Waals surface area contributed by atoms with Gasteiger partial charge in [0.2, 0.25) is 5.91 Å². The molecule has 0 spiro atoms. The number of aryl methyl sites for hydroxylation is 1. The van der Waals surface area contributed by atoms with Crippen molar-refractivity contribution in [3.63, 3.8) is 0 Å². The van der Waals surface area contributed by atoms with Gasteiger partial charge in [-0.05, 0) is 42.8 Å². The highest BCUT2D eigenvalue weighted by atomic mass is 16.5. The molecule has 0 atom stereocenters. The van der Waals surface area contributed by atoms with Gasteiger partial charge in [0.1, 0.15) is 5.75 Å². The summed E-state index contributed by atoms with van der Waals surface area (Å²) in [5.74, 6) is 0.580. The molecular formula is C22H23N3O3. The SMILES string of the molecule is COc1ccc2[nH]c3c(c(=O)c2c1)CN(CC(=O)Nc1cccc(C)c1)CC3. The number of ether oxygens (including phenoxy) is 1. The van der Waals surface area contributed by atoms with E-state index >= 15 is 0 Å². The van der Waals surface area contributed by atoms with E-state index in [1.54, 1.807) is 13.2 Å². The zero-order valence-electron chi connectivity index (χ0n) is 16.0. The number of carbonyl (C=O) groups excluding carboxylic acids is 1. The Morgan fingerprint density at radius 2 is 2.11 bits per heavy atom. The summed E-state index contributed by atoms with van der Waals surface area (Å²) in [6.45, 7) is 3.43. The molecule has 3 aromatic rings. The first-order valence-corrected chi connectivity index (χ1v) is 9.34. The molecule has 144 valence electrons. The van der Waals surface area contributed by atoms with E-state index in [2.05, 4.69) is 10.3 Å². The van der Waals surface area contributed by atoms with Crippen LogP contribution < -0.4 is 15.5 Å². The maximum Gasteiger partial charge on any atom is 0.238 e. The quantitative estimate of drug-likeness (QED) is 0.733. The number of pyridine rings is 1. The van der Waals surface area contributed by atoms with Crippen LogP contribution in [-0.4, -0.2) is 36.0 Å². The summed E-state index contributed by atoms with van der Waals surface area (Å²) in [6, 6.07) is 13.2. The number of H-pyrrole nitrogens is 1. The minimum absolute atomic E-state index is 0.00597. The Kier molecular flexibility index (Phi) is 4.88. The average Bonchev–Trinajstić information content (AvgIpc) is 2.68. The Morgan fingerprint density at radius 3 is 2.89 bits per heavy atom. The monoisotopic (exact) mass is 377 g/mol. The minimum atomic E-state index is -0.0760. The number of nitrogens with zero attached hydrogens (tertiary/aromatic N) is 1. The van der Waals surface area contributed by atoms with Gasteiger partial charge in [0.05, 0.1) is 13.7 Å². The van der Waals surface area contributed by atoms with Gasteiger partial charge in [-0.2, -0.15) is 0 Å². The number of amides is 1. The van der Waals surface area contributed by atoms with Crippen molar-refractivity contribution < 1.29 is 9.53 Å². The number of rotatable bonds is 4. The number of benzene rings is 2. The lowest BCUT2D eigenvalue weighted by molar-refractivity contribution is -0.117. The normalized spacial score (nSPS) is 13.9. The first kappa shape index (κ1) is 18.3. The molecule has 1 aliphatic heterocycles. The molecule has 0 aliphatic carbocycles. The van der Waals surface area contributed by atoms with E-state index in [9.17, 15) is 9.59 Å². The number of anilines is 1. The largest absolute Gasteiger partial charge is 0.497 e. The maximum absolute atomic E-state index is 13.0. The molecule has 0 bridgehead atoms. The summed E-state index contributed by atoms with van der Waals surface area (Å²) in [6.07, 6.45) is 0.713. The Balaban J connectivity index is 1.53. The van der Waals surface area contributed by atoms with Crippen molar-refractivity contribution in [2.24, 2.45) is 0 Å². The smallest absolute Gasteiger partial charge is 0.238 e. The molecule has 1 aromatic heterocycles. The average molecular weight is 377 g/mol. The van der Waals surface area contributed by atoms with Crippen LogP contribution in [0, 0.1) is 6.92 Å². The fourth-order valence-corrected chi connectivity index (χ4v) is 3.70. The predicted octanol–water partition coefficient (Wildman–Crippen LogP) is 2.84. The van der Waals surface area contributed by atoms with Gasteiger partial charge in [-0.1, -0.05) is 12.1 Å². The molecule has 1 aliphatic rings. The van der Waals surface area contributed by atoms with E-state index in [0.717, 1.165) is 34.6 Å². The predicted molar refractivity (Wildman–Crippen MR) is 110 cm³/mol. The summed E-state index contributed by atoms with van der Waals surface area (Å²) < 4.78 is 5.24. The highest BCUT2D eigenvalue weighted by Crippen LogP contribution is 2.21. The van der Waals surface area contributed by atoms with E-state index in [4.69, 9.17) is 4.74 Å². The molecular weight excluding hydrogens is 354 g/mol. The molecule has 6 heteroatoms. The van der Waals surface area contributed by atoms with Gasteiger partial charge >= 0.3 is 0 Å². The van der Waals surface area contributed by atoms with Crippen LogP contribution >= 0.6 is 0 Å². The van der Waals surface area contributed by atoms with Gasteiger partial charge in [0.25, 0.3) is 0 Å². The second-order valence-electron chi connectivity index (χ2n) is 7.20. The van der Waals surface area contributed by atoms with E-state index < -0.39 is 0 Å². The standard InChI is InChI=1S/C22H23N3O3/c1-14-4-3-5-15(10-14)23-21(26)13-25-9-8-20-18(12-25)22(27)17-11-16(28-2)6-7-19(17)24-20/h3-7,10-11H,8-9,12-13H2,1-2H3,(H,23,26)(H,24,27). The second kappa shape index (κ2) is 7.48. The molecule has 4 rings (SSSR count). The Hall–Kier alpha value is -3.12. The van der Waals surface area contributed by atoms with Gasteiger partial charge in [-0.15, -0.1) is 0 Å². The molecule has 1 amide bonds. The van der Waals surface area contributed by atoms with Crippen molar-refractivity contribution >= 4 is 22.5 Å². The molecule has 0 radical (unpaired) electrons. The van der Waals surface area contributed by atoms with E-state index in [1.807, 2.05) is 48.2 Å². The van der Waals surface area contributed by atoms with Gasteiger partial charge in [-0.25, -0.2) is 0 Å². The van der Waals surface area contributed by atoms with Crippen LogP contribution in [-0.2, 0) is 17.8 Å². The first-order valence-electron chi connectivity index (χ1n) is 9.34. The van der Waals surface area contributed by atoms with Crippen molar-refractivity contribution in [1.29, 1.82) is 0 Å². The van der Waals surface area contributed by atoms with Crippen LogP contribution in [0.3, 0.4) is 0 Å². The third-order valence-electron chi connectivity index (χ3n) is 5.12. The Labute approximate surface area is 163 Å². The minimum Gasteiger partial charge on any atom is -0.497 e. The fraction of sp³-hybridized carbons (Fsp3) is 0.273. The maximum atomic E-state index is 13.0. The summed E-state index contributed by atoms with van der Waals surface area (Å²) >= 11 is 0. The second-order valence-corrected chi connectivity index (χ2v) is 7.20. The van der Waals surface area contributed by atoms with Crippen molar-refractivity contribution in [3.05, 3.63) is 69.5 Å². The lowest BCUT2D eigenvalue weighted by Gasteiger charge is -2.28. The third kappa shape index (κ3) is 3.64. The van der Waals surface area contributed by atoms with Crippen LogP contribution in [0.25, 0.3) is 10.9 Å². The van der Waals surface area contributed by atoms with Crippen molar-refractivity contribution in [3.8, 4) is 5.75 Å². The Bertz CT molecular complexity index is 1100. The molecule has 2 N–H and O–H groups in total.